The lowest BCUT2D eigenvalue weighted by molar-refractivity contribution is -0.133. The number of carbonyl (C=O) groups excluding carboxylic acids is 2. The van der Waals surface area contributed by atoms with Crippen molar-refractivity contribution in [1.29, 1.82) is 0 Å². The highest BCUT2D eigenvalue weighted by atomic mass is 19.1. The molecule has 0 atom stereocenters. The summed E-state index contributed by atoms with van der Waals surface area (Å²) in [6, 6.07) is 7.52. The van der Waals surface area contributed by atoms with Crippen molar-refractivity contribution in [3.63, 3.8) is 0 Å². The van der Waals surface area contributed by atoms with Gasteiger partial charge in [-0.05, 0) is 44.0 Å². The second kappa shape index (κ2) is 7.19. The van der Waals surface area contributed by atoms with E-state index in [0.29, 0.717) is 41.3 Å². The predicted octanol–water partition coefficient (Wildman–Crippen LogP) is 3.50. The van der Waals surface area contributed by atoms with E-state index in [2.05, 4.69) is 15.3 Å². The number of aromatic nitrogens is 2. The fraction of sp³-hybridized carbons (Fsp3) is 0.364. The van der Waals surface area contributed by atoms with Gasteiger partial charge in [-0.25, -0.2) is 14.4 Å². The molecule has 0 saturated carbocycles. The molecule has 3 heterocycles. The van der Waals surface area contributed by atoms with E-state index in [-0.39, 0.29) is 29.3 Å². The van der Waals surface area contributed by atoms with E-state index in [1.165, 1.54) is 17.0 Å². The smallest absolute Gasteiger partial charge is 0.290 e. The molecule has 0 unspecified atom stereocenters. The van der Waals surface area contributed by atoms with E-state index in [9.17, 15) is 14.0 Å². The Labute approximate surface area is 173 Å². The molecular formula is C22H23FN4O3. The van der Waals surface area contributed by atoms with Crippen molar-refractivity contribution in [1.82, 2.24) is 20.2 Å². The molecule has 4 rings (SSSR count). The standard InChI is InChI=1S/C22H23FN4O3/c1-12(2)17-18-15(25-19(26-17)13-5-7-14(23)8-6-13)11-16(30-18)20(28)27-10-9-24-21(29)22(27,3)4/h5-8,11-12H,9-10H2,1-4H3,(H,24,29). The Hall–Kier alpha value is -3.29. The number of piperazine rings is 1. The van der Waals surface area contributed by atoms with Gasteiger partial charge in [0.2, 0.25) is 5.91 Å². The van der Waals surface area contributed by atoms with Crippen LogP contribution in [0, 0.1) is 5.82 Å². The number of carbonyl (C=O) groups is 2. The Morgan fingerprint density at radius 3 is 2.60 bits per heavy atom. The van der Waals surface area contributed by atoms with E-state index in [1.54, 1.807) is 32.0 Å². The van der Waals surface area contributed by atoms with Crippen LogP contribution in [0.2, 0.25) is 0 Å². The minimum Gasteiger partial charge on any atom is -0.447 e. The number of rotatable bonds is 3. The van der Waals surface area contributed by atoms with Crippen LogP contribution in [0.15, 0.2) is 34.7 Å². The first-order valence-corrected chi connectivity index (χ1v) is 9.86. The number of halogens is 1. The molecule has 1 aromatic carbocycles. The average Bonchev–Trinajstić information content (AvgIpc) is 3.13. The molecule has 0 radical (unpaired) electrons. The minimum atomic E-state index is -0.986. The van der Waals surface area contributed by atoms with Crippen molar-refractivity contribution in [2.24, 2.45) is 0 Å². The summed E-state index contributed by atoms with van der Waals surface area (Å²) in [6.45, 7) is 8.12. The molecule has 3 aromatic rings. The number of fused-ring (bicyclic) bond motifs is 1. The van der Waals surface area contributed by atoms with Crippen LogP contribution < -0.4 is 5.32 Å². The van der Waals surface area contributed by atoms with Crippen LogP contribution in [0.25, 0.3) is 22.5 Å². The van der Waals surface area contributed by atoms with Crippen LogP contribution in [0.1, 0.15) is 49.9 Å². The van der Waals surface area contributed by atoms with Gasteiger partial charge in [-0.3, -0.25) is 9.59 Å². The molecule has 7 nitrogen and oxygen atoms in total. The van der Waals surface area contributed by atoms with E-state index in [0.717, 1.165) is 0 Å². The molecule has 156 valence electrons. The predicted molar refractivity (Wildman–Crippen MR) is 109 cm³/mol. The second-order valence-corrected chi connectivity index (χ2v) is 8.19. The van der Waals surface area contributed by atoms with Crippen molar-refractivity contribution >= 4 is 22.9 Å². The van der Waals surface area contributed by atoms with Gasteiger partial charge in [0, 0.05) is 24.7 Å². The highest BCUT2D eigenvalue weighted by Crippen LogP contribution is 2.30. The number of nitrogens with zero attached hydrogens (tertiary/aromatic N) is 3. The Balaban J connectivity index is 1.80. The van der Waals surface area contributed by atoms with Crippen molar-refractivity contribution in [2.75, 3.05) is 13.1 Å². The largest absolute Gasteiger partial charge is 0.447 e. The van der Waals surface area contributed by atoms with Crippen LogP contribution in [-0.2, 0) is 4.79 Å². The summed E-state index contributed by atoms with van der Waals surface area (Å²) in [6.07, 6.45) is 0. The van der Waals surface area contributed by atoms with Gasteiger partial charge < -0.3 is 14.6 Å². The topological polar surface area (TPSA) is 88.3 Å². The first-order chi connectivity index (χ1) is 14.2. The summed E-state index contributed by atoms with van der Waals surface area (Å²) in [5.74, 6) is -0.358. The highest BCUT2D eigenvalue weighted by molar-refractivity contribution is 6.00. The molecule has 1 N–H and O–H groups in total. The van der Waals surface area contributed by atoms with Crippen molar-refractivity contribution < 1.29 is 18.4 Å². The van der Waals surface area contributed by atoms with Crippen molar-refractivity contribution in [3.05, 3.63) is 47.6 Å². The number of benzene rings is 1. The molecule has 2 amide bonds. The third-order valence-electron chi connectivity index (χ3n) is 5.35. The van der Waals surface area contributed by atoms with Gasteiger partial charge in [-0.1, -0.05) is 13.8 Å². The van der Waals surface area contributed by atoms with E-state index in [1.807, 2.05) is 13.8 Å². The Morgan fingerprint density at radius 1 is 1.23 bits per heavy atom. The SMILES string of the molecule is CC(C)c1nc(-c2ccc(F)cc2)nc2cc(C(=O)N3CCNC(=O)C3(C)C)oc12. The lowest BCUT2D eigenvalue weighted by Gasteiger charge is -2.40. The minimum absolute atomic E-state index is 0.0148. The van der Waals surface area contributed by atoms with E-state index < -0.39 is 5.54 Å². The fourth-order valence-electron chi connectivity index (χ4n) is 3.56. The van der Waals surface area contributed by atoms with Gasteiger partial charge in [-0.2, -0.15) is 0 Å². The maximum atomic E-state index is 13.3. The third-order valence-corrected chi connectivity index (χ3v) is 5.35. The molecular weight excluding hydrogens is 387 g/mol. The molecule has 1 aliphatic heterocycles. The summed E-state index contributed by atoms with van der Waals surface area (Å²) in [4.78, 5) is 36.0. The molecule has 2 aromatic heterocycles. The zero-order valence-electron chi connectivity index (χ0n) is 17.3. The van der Waals surface area contributed by atoms with Crippen LogP contribution in [0.5, 0.6) is 0 Å². The molecule has 1 saturated heterocycles. The lowest BCUT2D eigenvalue weighted by atomic mass is 9.98. The maximum absolute atomic E-state index is 13.3. The van der Waals surface area contributed by atoms with Gasteiger partial charge in [-0.15, -0.1) is 0 Å². The zero-order chi connectivity index (χ0) is 21.6. The summed E-state index contributed by atoms with van der Waals surface area (Å²) in [5, 5.41) is 2.78. The van der Waals surface area contributed by atoms with Gasteiger partial charge in [0.15, 0.2) is 17.2 Å². The zero-order valence-corrected chi connectivity index (χ0v) is 17.3. The number of hydrogen-bond acceptors (Lipinski definition) is 5. The number of furan rings is 1. The van der Waals surface area contributed by atoms with Gasteiger partial charge in [0.25, 0.3) is 5.91 Å². The molecule has 1 fully saturated rings. The van der Waals surface area contributed by atoms with Crippen LogP contribution in [0.3, 0.4) is 0 Å². The Bertz CT molecular complexity index is 1140. The van der Waals surface area contributed by atoms with Crippen molar-refractivity contribution in [2.45, 2.75) is 39.2 Å². The summed E-state index contributed by atoms with van der Waals surface area (Å²) in [5.41, 5.74) is 1.28. The fourth-order valence-corrected chi connectivity index (χ4v) is 3.56. The Kier molecular flexibility index (Phi) is 4.80. The number of nitrogens with one attached hydrogen (secondary N) is 1. The van der Waals surface area contributed by atoms with Crippen molar-refractivity contribution in [3.8, 4) is 11.4 Å². The molecule has 0 spiro atoms. The van der Waals surface area contributed by atoms with E-state index >= 15 is 0 Å². The quantitative estimate of drug-likeness (QED) is 0.714. The van der Waals surface area contributed by atoms with Gasteiger partial charge >= 0.3 is 0 Å². The first kappa shape index (κ1) is 20.0. The summed E-state index contributed by atoms with van der Waals surface area (Å²) >= 11 is 0. The highest BCUT2D eigenvalue weighted by Gasteiger charge is 2.41. The summed E-state index contributed by atoms with van der Waals surface area (Å²) in [7, 11) is 0. The molecule has 0 bridgehead atoms. The number of hydrogen-bond donors (Lipinski definition) is 1. The molecule has 0 aliphatic carbocycles. The van der Waals surface area contributed by atoms with Crippen LogP contribution in [0.4, 0.5) is 4.39 Å². The molecule has 1 aliphatic rings. The average molecular weight is 410 g/mol. The first-order valence-electron chi connectivity index (χ1n) is 9.86. The molecule has 30 heavy (non-hydrogen) atoms. The van der Waals surface area contributed by atoms with Crippen LogP contribution in [-0.4, -0.2) is 45.3 Å². The van der Waals surface area contributed by atoms with Gasteiger partial charge in [0.05, 0.1) is 5.69 Å². The molecule has 8 heteroatoms. The Morgan fingerprint density at radius 2 is 1.93 bits per heavy atom. The lowest BCUT2D eigenvalue weighted by Crippen LogP contribution is -2.63. The van der Waals surface area contributed by atoms with E-state index in [4.69, 9.17) is 4.42 Å². The van der Waals surface area contributed by atoms with Gasteiger partial charge in [0.1, 0.15) is 16.9 Å². The van der Waals surface area contributed by atoms with Crippen LogP contribution >= 0.6 is 0 Å². The summed E-state index contributed by atoms with van der Waals surface area (Å²) < 4.78 is 19.2. The normalized spacial score (nSPS) is 16.2. The third kappa shape index (κ3) is 3.32. The number of amides is 2. The second-order valence-electron chi connectivity index (χ2n) is 8.19. The maximum Gasteiger partial charge on any atom is 0.290 e. The monoisotopic (exact) mass is 410 g/mol.